The summed E-state index contributed by atoms with van der Waals surface area (Å²) in [6.07, 6.45) is 3.82. The van der Waals surface area contributed by atoms with Crippen molar-refractivity contribution in [2.45, 2.75) is 6.42 Å². The van der Waals surface area contributed by atoms with Crippen molar-refractivity contribution in [1.82, 2.24) is 9.88 Å². The van der Waals surface area contributed by atoms with Gasteiger partial charge in [-0.1, -0.05) is 18.2 Å². The van der Waals surface area contributed by atoms with Gasteiger partial charge in [0.2, 0.25) is 11.6 Å². The number of hydrogen-bond acceptors (Lipinski definition) is 4. The molecular weight excluding hydrogens is 284 g/mol. The number of aromatic nitrogens is 1. The van der Waals surface area contributed by atoms with E-state index in [1.807, 2.05) is 30.5 Å². The molecule has 0 saturated carbocycles. The Kier molecular flexibility index (Phi) is 3.50. The largest absolute Gasteiger partial charge is 0.477 e. The van der Waals surface area contributed by atoms with Crippen LogP contribution in [0.4, 0.5) is 0 Å². The quantitative estimate of drug-likeness (QED) is 0.652. The molecule has 0 fully saturated rings. The van der Waals surface area contributed by atoms with Crippen LogP contribution in [0.3, 0.4) is 0 Å². The molecule has 112 valence electrons. The van der Waals surface area contributed by atoms with Gasteiger partial charge in [-0.2, -0.15) is 0 Å². The lowest BCUT2D eigenvalue weighted by molar-refractivity contribution is -0.140. The highest BCUT2D eigenvalue weighted by Gasteiger charge is 2.30. The normalized spacial score (nSPS) is 15.3. The fraction of sp³-hybridized carbons (Fsp3) is 0.188. The number of carbonyl (C=O) groups is 3. The second kappa shape index (κ2) is 5.48. The average molecular weight is 298 g/mol. The standard InChI is InChI=1S/C16H14N2O4/c19-14-9-18(8-12(15(14)20)16(21)22)6-5-10-7-17-13-4-2-1-3-11(10)13/h1-4,7-8,17H,5-6,9H2,(H,21,22). The zero-order valence-corrected chi connectivity index (χ0v) is 11.7. The number of aromatic amines is 1. The first-order valence-electron chi connectivity index (χ1n) is 6.88. The number of fused-ring (bicyclic) bond motifs is 1. The minimum atomic E-state index is -1.37. The van der Waals surface area contributed by atoms with Gasteiger partial charge < -0.3 is 15.0 Å². The van der Waals surface area contributed by atoms with Crippen LogP contribution in [0, 0.1) is 0 Å². The lowest BCUT2D eigenvalue weighted by Crippen LogP contribution is -2.39. The van der Waals surface area contributed by atoms with Gasteiger partial charge in [-0.25, -0.2) is 4.79 Å². The summed E-state index contributed by atoms with van der Waals surface area (Å²) < 4.78 is 0. The van der Waals surface area contributed by atoms with Crippen LogP contribution >= 0.6 is 0 Å². The first kappa shape index (κ1) is 14.1. The van der Waals surface area contributed by atoms with Gasteiger partial charge in [0, 0.05) is 29.8 Å². The number of benzene rings is 1. The molecule has 3 rings (SSSR count). The molecule has 1 aromatic carbocycles. The molecule has 1 aliphatic heterocycles. The molecule has 1 aliphatic rings. The first-order chi connectivity index (χ1) is 10.6. The van der Waals surface area contributed by atoms with Gasteiger partial charge in [0.05, 0.1) is 6.54 Å². The van der Waals surface area contributed by atoms with Crippen LogP contribution in [0.5, 0.6) is 0 Å². The number of Topliss-reactive ketones (excluding diaryl/α,β-unsaturated/α-hetero) is 2. The van der Waals surface area contributed by atoms with Crippen molar-refractivity contribution in [3.05, 3.63) is 47.8 Å². The van der Waals surface area contributed by atoms with E-state index in [1.54, 1.807) is 4.90 Å². The van der Waals surface area contributed by atoms with E-state index in [-0.39, 0.29) is 6.54 Å². The molecule has 0 saturated heterocycles. The monoisotopic (exact) mass is 298 g/mol. The molecule has 0 radical (unpaired) electrons. The SMILES string of the molecule is O=C(O)C1=CN(CCc2c[nH]c3ccccc23)CC(=O)C1=O. The van der Waals surface area contributed by atoms with E-state index in [2.05, 4.69) is 4.98 Å². The summed E-state index contributed by atoms with van der Waals surface area (Å²) >= 11 is 0. The van der Waals surface area contributed by atoms with E-state index >= 15 is 0 Å². The van der Waals surface area contributed by atoms with Gasteiger partial charge in [0.15, 0.2) is 0 Å². The number of nitrogens with one attached hydrogen (secondary N) is 1. The topological polar surface area (TPSA) is 90.5 Å². The molecule has 0 spiro atoms. The molecule has 0 amide bonds. The predicted molar refractivity (Wildman–Crippen MR) is 79.3 cm³/mol. The number of carbonyl (C=O) groups excluding carboxylic acids is 2. The summed E-state index contributed by atoms with van der Waals surface area (Å²) in [6, 6.07) is 7.87. The Morgan fingerprint density at radius 1 is 1.27 bits per heavy atom. The zero-order valence-electron chi connectivity index (χ0n) is 11.7. The number of rotatable bonds is 4. The highest BCUT2D eigenvalue weighted by molar-refractivity contribution is 6.50. The Labute approximate surface area is 126 Å². The summed E-state index contributed by atoms with van der Waals surface area (Å²) in [6.45, 7) is 0.398. The van der Waals surface area contributed by atoms with E-state index < -0.39 is 23.1 Å². The lowest BCUT2D eigenvalue weighted by atomic mass is 10.0. The number of nitrogens with zero attached hydrogens (tertiary/aromatic N) is 1. The van der Waals surface area contributed by atoms with Crippen molar-refractivity contribution < 1.29 is 19.5 Å². The Morgan fingerprint density at radius 3 is 2.82 bits per heavy atom. The number of H-pyrrole nitrogens is 1. The van der Waals surface area contributed by atoms with Crippen molar-refractivity contribution >= 4 is 28.4 Å². The molecule has 2 aromatic rings. The van der Waals surface area contributed by atoms with Crippen LogP contribution < -0.4 is 0 Å². The third-order valence-electron chi connectivity index (χ3n) is 3.73. The maximum absolute atomic E-state index is 11.6. The van der Waals surface area contributed by atoms with Crippen molar-refractivity contribution in [2.24, 2.45) is 0 Å². The number of carboxylic acids is 1. The van der Waals surface area contributed by atoms with Crippen LogP contribution in [0.25, 0.3) is 10.9 Å². The Balaban J connectivity index is 1.77. The van der Waals surface area contributed by atoms with Gasteiger partial charge in [0.25, 0.3) is 0 Å². The van der Waals surface area contributed by atoms with Gasteiger partial charge in [-0.15, -0.1) is 0 Å². The molecule has 22 heavy (non-hydrogen) atoms. The second-order valence-electron chi connectivity index (χ2n) is 5.18. The van der Waals surface area contributed by atoms with Crippen LogP contribution in [0.1, 0.15) is 5.56 Å². The third-order valence-corrected chi connectivity index (χ3v) is 3.73. The van der Waals surface area contributed by atoms with E-state index in [1.165, 1.54) is 6.20 Å². The number of aliphatic carboxylic acids is 1. The molecule has 6 heteroatoms. The van der Waals surface area contributed by atoms with Crippen LogP contribution in [0.2, 0.25) is 0 Å². The molecule has 6 nitrogen and oxygen atoms in total. The smallest absolute Gasteiger partial charge is 0.341 e. The zero-order chi connectivity index (χ0) is 15.7. The number of ketones is 2. The number of carboxylic acid groups (broad SMARTS) is 1. The van der Waals surface area contributed by atoms with Crippen molar-refractivity contribution in [3.63, 3.8) is 0 Å². The second-order valence-corrected chi connectivity index (χ2v) is 5.18. The van der Waals surface area contributed by atoms with Crippen LogP contribution in [-0.2, 0) is 20.8 Å². The van der Waals surface area contributed by atoms with Gasteiger partial charge in [-0.05, 0) is 18.1 Å². The van der Waals surface area contributed by atoms with Crippen molar-refractivity contribution in [1.29, 1.82) is 0 Å². The average Bonchev–Trinajstić information content (AvgIpc) is 2.91. The van der Waals surface area contributed by atoms with E-state index in [9.17, 15) is 14.4 Å². The molecule has 0 aliphatic carbocycles. The molecule has 2 N–H and O–H groups in total. The van der Waals surface area contributed by atoms with E-state index in [0.29, 0.717) is 13.0 Å². The van der Waals surface area contributed by atoms with Gasteiger partial charge in [0.1, 0.15) is 5.57 Å². The first-order valence-corrected chi connectivity index (χ1v) is 6.88. The molecule has 0 bridgehead atoms. The molecular formula is C16H14N2O4. The predicted octanol–water partition coefficient (Wildman–Crippen LogP) is 1.13. The van der Waals surface area contributed by atoms with Crippen LogP contribution in [0.15, 0.2) is 42.2 Å². The Hall–Kier alpha value is -2.89. The fourth-order valence-corrected chi connectivity index (χ4v) is 2.59. The third kappa shape index (κ3) is 2.50. The number of hydrogen-bond donors (Lipinski definition) is 2. The van der Waals surface area contributed by atoms with Crippen molar-refractivity contribution in [2.75, 3.05) is 13.1 Å². The molecule has 0 atom stereocenters. The van der Waals surface area contributed by atoms with Gasteiger partial charge >= 0.3 is 5.97 Å². The summed E-state index contributed by atoms with van der Waals surface area (Å²) in [4.78, 5) is 38.8. The molecule has 0 unspecified atom stereocenters. The Bertz CT molecular complexity index is 803. The van der Waals surface area contributed by atoms with E-state index in [0.717, 1.165) is 16.5 Å². The minimum Gasteiger partial charge on any atom is -0.477 e. The maximum atomic E-state index is 11.6. The molecule has 2 heterocycles. The summed E-state index contributed by atoms with van der Waals surface area (Å²) in [5.74, 6) is -2.97. The Morgan fingerprint density at radius 2 is 2.05 bits per heavy atom. The van der Waals surface area contributed by atoms with Crippen molar-refractivity contribution in [3.8, 4) is 0 Å². The summed E-state index contributed by atoms with van der Waals surface area (Å²) in [5.41, 5.74) is 1.66. The maximum Gasteiger partial charge on any atom is 0.341 e. The van der Waals surface area contributed by atoms with Crippen LogP contribution in [-0.4, -0.2) is 45.6 Å². The summed E-state index contributed by atoms with van der Waals surface area (Å²) in [7, 11) is 0. The fourth-order valence-electron chi connectivity index (χ4n) is 2.59. The lowest BCUT2D eigenvalue weighted by Gasteiger charge is -2.23. The van der Waals surface area contributed by atoms with E-state index in [4.69, 9.17) is 5.11 Å². The summed E-state index contributed by atoms with van der Waals surface area (Å²) in [5, 5.41) is 10.1. The highest BCUT2D eigenvalue weighted by atomic mass is 16.4. The minimum absolute atomic E-state index is 0.0715. The van der Waals surface area contributed by atoms with Gasteiger partial charge in [-0.3, -0.25) is 9.59 Å². The molecule has 1 aromatic heterocycles. The highest BCUT2D eigenvalue weighted by Crippen LogP contribution is 2.19. The number of para-hydroxylation sites is 1.